The smallest absolute Gasteiger partial charge is 0.0869 e. The van der Waals surface area contributed by atoms with Crippen molar-refractivity contribution in [2.45, 2.75) is 45.6 Å². The summed E-state index contributed by atoms with van der Waals surface area (Å²) in [5.74, 6) is 0.593. The molecule has 0 aromatic heterocycles. The van der Waals surface area contributed by atoms with Crippen molar-refractivity contribution in [3.63, 3.8) is 0 Å². The second-order valence-electron chi connectivity index (χ2n) is 5.04. The Morgan fingerprint density at radius 1 is 1.38 bits per heavy atom. The predicted octanol–water partition coefficient (Wildman–Crippen LogP) is 2.43. The summed E-state index contributed by atoms with van der Waals surface area (Å²) in [5.41, 5.74) is 0. The van der Waals surface area contributed by atoms with Gasteiger partial charge in [0.05, 0.1) is 19.2 Å². The normalized spacial score (nSPS) is 17.2. The Hall–Kier alpha value is -0.590. The zero-order chi connectivity index (χ0) is 11.8. The maximum Gasteiger partial charge on any atom is 0.0869 e. The molecule has 1 aliphatic carbocycles. The van der Waals surface area contributed by atoms with Gasteiger partial charge in [0.1, 0.15) is 0 Å². The average Bonchev–Trinajstić information content (AvgIpc) is 2.75. The van der Waals surface area contributed by atoms with Crippen LogP contribution in [-0.4, -0.2) is 37.2 Å². The van der Waals surface area contributed by atoms with Crippen molar-refractivity contribution < 1.29 is 4.74 Å². The van der Waals surface area contributed by atoms with Gasteiger partial charge in [-0.15, -0.1) is 0 Å². The van der Waals surface area contributed by atoms with Gasteiger partial charge in [-0.1, -0.05) is 26.7 Å². The Morgan fingerprint density at radius 3 is 2.62 bits per heavy atom. The Morgan fingerprint density at radius 2 is 2.06 bits per heavy atom. The Balaban J connectivity index is 2.20. The van der Waals surface area contributed by atoms with E-state index in [0.29, 0.717) is 18.5 Å². The third kappa shape index (κ3) is 4.96. The third-order valence-corrected chi connectivity index (χ3v) is 3.09. The molecule has 16 heavy (non-hydrogen) atoms. The molecule has 0 radical (unpaired) electrons. The summed E-state index contributed by atoms with van der Waals surface area (Å²) in [5, 5.41) is 8.81. The van der Waals surface area contributed by atoms with Gasteiger partial charge in [-0.05, 0) is 18.8 Å². The molecule has 0 bridgehead atoms. The standard InChI is InChI=1S/C13H24N2O/c1-12(2)11-16-10-9-15(8-7-14)13-5-3-4-6-13/h12-13H,3-6,8-11H2,1-2H3. The minimum atomic E-state index is 0.551. The molecule has 1 aliphatic rings. The van der Waals surface area contributed by atoms with E-state index in [9.17, 15) is 0 Å². The first-order chi connectivity index (χ1) is 7.74. The van der Waals surface area contributed by atoms with Crippen LogP contribution in [0, 0.1) is 17.2 Å². The van der Waals surface area contributed by atoms with Crippen molar-refractivity contribution >= 4 is 0 Å². The minimum Gasteiger partial charge on any atom is -0.380 e. The molecule has 0 N–H and O–H groups in total. The summed E-state index contributed by atoms with van der Waals surface area (Å²) in [6, 6.07) is 2.89. The largest absolute Gasteiger partial charge is 0.380 e. The molecule has 0 heterocycles. The SMILES string of the molecule is CC(C)COCCN(CC#N)C1CCCC1. The third-order valence-electron chi connectivity index (χ3n) is 3.09. The molecule has 0 aromatic carbocycles. The Labute approximate surface area is 99.4 Å². The van der Waals surface area contributed by atoms with Gasteiger partial charge in [0.25, 0.3) is 0 Å². The van der Waals surface area contributed by atoms with Crippen LogP contribution >= 0.6 is 0 Å². The number of nitriles is 1. The molecule has 0 aliphatic heterocycles. The molecule has 0 spiro atoms. The van der Waals surface area contributed by atoms with Crippen LogP contribution in [0.3, 0.4) is 0 Å². The fraction of sp³-hybridized carbons (Fsp3) is 0.923. The van der Waals surface area contributed by atoms with Gasteiger partial charge in [-0.3, -0.25) is 4.90 Å². The topological polar surface area (TPSA) is 36.3 Å². The molecule has 92 valence electrons. The van der Waals surface area contributed by atoms with Gasteiger partial charge in [-0.2, -0.15) is 5.26 Å². The maximum atomic E-state index is 8.81. The van der Waals surface area contributed by atoms with Gasteiger partial charge in [0, 0.05) is 19.2 Å². The maximum absolute atomic E-state index is 8.81. The number of hydrogen-bond acceptors (Lipinski definition) is 3. The summed E-state index contributed by atoms with van der Waals surface area (Å²) in [6.45, 7) is 7.36. The van der Waals surface area contributed by atoms with Crippen LogP contribution < -0.4 is 0 Å². The van der Waals surface area contributed by atoms with E-state index >= 15 is 0 Å². The molecule has 3 nitrogen and oxygen atoms in total. The number of nitrogens with zero attached hydrogens (tertiary/aromatic N) is 2. The Kier molecular flexibility index (Phi) is 6.44. The summed E-state index contributed by atoms with van der Waals surface area (Å²) in [4.78, 5) is 2.29. The van der Waals surface area contributed by atoms with Crippen LogP contribution in [0.4, 0.5) is 0 Å². The fourth-order valence-electron chi connectivity index (χ4n) is 2.25. The average molecular weight is 224 g/mol. The van der Waals surface area contributed by atoms with Crippen LogP contribution in [0.2, 0.25) is 0 Å². The zero-order valence-electron chi connectivity index (χ0n) is 10.6. The van der Waals surface area contributed by atoms with E-state index in [0.717, 1.165) is 19.8 Å². The summed E-state index contributed by atoms with van der Waals surface area (Å²) in [6.07, 6.45) is 5.15. The van der Waals surface area contributed by atoms with Gasteiger partial charge < -0.3 is 4.74 Å². The van der Waals surface area contributed by atoms with E-state index in [2.05, 4.69) is 24.8 Å². The van der Waals surface area contributed by atoms with Crippen molar-refractivity contribution in [2.75, 3.05) is 26.3 Å². The fourth-order valence-corrected chi connectivity index (χ4v) is 2.25. The molecule has 1 rings (SSSR count). The first-order valence-electron chi connectivity index (χ1n) is 6.42. The Bertz CT molecular complexity index is 216. The van der Waals surface area contributed by atoms with Crippen LogP contribution in [-0.2, 0) is 4.74 Å². The monoisotopic (exact) mass is 224 g/mol. The molecular formula is C13H24N2O. The van der Waals surface area contributed by atoms with E-state index < -0.39 is 0 Å². The van der Waals surface area contributed by atoms with Crippen molar-refractivity contribution in [1.29, 1.82) is 5.26 Å². The highest BCUT2D eigenvalue weighted by Crippen LogP contribution is 2.22. The highest BCUT2D eigenvalue weighted by Gasteiger charge is 2.21. The van der Waals surface area contributed by atoms with Crippen LogP contribution in [0.1, 0.15) is 39.5 Å². The summed E-state index contributed by atoms with van der Waals surface area (Å²) >= 11 is 0. The van der Waals surface area contributed by atoms with Crippen LogP contribution in [0.15, 0.2) is 0 Å². The highest BCUT2D eigenvalue weighted by atomic mass is 16.5. The number of rotatable bonds is 7. The first-order valence-corrected chi connectivity index (χ1v) is 6.42. The molecule has 0 amide bonds. The van der Waals surface area contributed by atoms with Crippen molar-refractivity contribution in [3.05, 3.63) is 0 Å². The second-order valence-corrected chi connectivity index (χ2v) is 5.04. The molecule has 1 saturated carbocycles. The molecule has 3 heteroatoms. The van der Waals surface area contributed by atoms with Crippen molar-refractivity contribution in [1.82, 2.24) is 4.90 Å². The van der Waals surface area contributed by atoms with Gasteiger partial charge in [0.15, 0.2) is 0 Å². The van der Waals surface area contributed by atoms with Gasteiger partial charge in [0.2, 0.25) is 0 Å². The summed E-state index contributed by atoms with van der Waals surface area (Å²) < 4.78 is 5.58. The van der Waals surface area contributed by atoms with Gasteiger partial charge >= 0.3 is 0 Å². The molecule has 0 saturated heterocycles. The molecular weight excluding hydrogens is 200 g/mol. The van der Waals surface area contributed by atoms with E-state index in [1.54, 1.807) is 0 Å². The number of hydrogen-bond donors (Lipinski definition) is 0. The van der Waals surface area contributed by atoms with Gasteiger partial charge in [-0.25, -0.2) is 0 Å². The minimum absolute atomic E-state index is 0.551. The lowest BCUT2D eigenvalue weighted by molar-refractivity contribution is 0.0774. The van der Waals surface area contributed by atoms with Crippen LogP contribution in [0.5, 0.6) is 0 Å². The lowest BCUT2D eigenvalue weighted by Crippen LogP contribution is -2.36. The molecule has 0 atom stereocenters. The molecule has 0 aromatic rings. The zero-order valence-corrected chi connectivity index (χ0v) is 10.6. The predicted molar refractivity (Wildman–Crippen MR) is 65.1 cm³/mol. The van der Waals surface area contributed by atoms with Crippen molar-refractivity contribution in [2.24, 2.45) is 5.92 Å². The first kappa shape index (κ1) is 13.5. The molecule has 1 fully saturated rings. The van der Waals surface area contributed by atoms with E-state index in [1.165, 1.54) is 25.7 Å². The van der Waals surface area contributed by atoms with Crippen LogP contribution in [0.25, 0.3) is 0 Å². The highest BCUT2D eigenvalue weighted by molar-refractivity contribution is 4.84. The summed E-state index contributed by atoms with van der Waals surface area (Å²) in [7, 11) is 0. The number of ether oxygens (including phenoxy) is 1. The van der Waals surface area contributed by atoms with E-state index in [-0.39, 0.29) is 0 Å². The lowest BCUT2D eigenvalue weighted by atomic mass is 10.2. The van der Waals surface area contributed by atoms with E-state index in [1.807, 2.05) is 0 Å². The lowest BCUT2D eigenvalue weighted by Gasteiger charge is -2.26. The quantitative estimate of drug-likeness (QED) is 0.492. The van der Waals surface area contributed by atoms with E-state index in [4.69, 9.17) is 10.00 Å². The molecule has 0 unspecified atom stereocenters. The second kappa shape index (κ2) is 7.65. The van der Waals surface area contributed by atoms with Crippen molar-refractivity contribution in [3.8, 4) is 6.07 Å².